The maximum absolute atomic E-state index is 3.47. The molecule has 11 heavy (non-hydrogen) atoms. The van der Waals surface area contributed by atoms with Crippen LogP contribution in [-0.4, -0.2) is 24.7 Å². The fourth-order valence-corrected chi connectivity index (χ4v) is 1.00. The Morgan fingerprint density at radius 2 is 1.82 bits per heavy atom. The molecule has 1 rings (SSSR count). The minimum atomic E-state index is 0.269. The van der Waals surface area contributed by atoms with Gasteiger partial charge in [-0.25, -0.2) is 0 Å². The summed E-state index contributed by atoms with van der Waals surface area (Å²) in [6.45, 7) is 8.79. The van der Waals surface area contributed by atoms with Crippen molar-refractivity contribution in [3.63, 3.8) is 0 Å². The molecule has 0 spiro atoms. The molecule has 1 saturated carbocycles. The van der Waals surface area contributed by atoms with Gasteiger partial charge in [-0.2, -0.15) is 0 Å². The van der Waals surface area contributed by atoms with E-state index in [4.69, 9.17) is 0 Å². The highest BCUT2D eigenvalue weighted by atomic mass is 15.0. The van der Waals surface area contributed by atoms with Gasteiger partial charge < -0.3 is 10.6 Å². The van der Waals surface area contributed by atoms with Crippen molar-refractivity contribution in [3.05, 3.63) is 0 Å². The predicted octanol–water partition coefficient (Wildman–Crippen LogP) is 1.13. The maximum Gasteiger partial charge on any atom is 0.00970 e. The van der Waals surface area contributed by atoms with E-state index in [9.17, 15) is 0 Å². The highest BCUT2D eigenvalue weighted by molar-refractivity contribution is 4.81. The van der Waals surface area contributed by atoms with Gasteiger partial charge in [-0.05, 0) is 33.6 Å². The average molecular weight is 156 g/mol. The van der Waals surface area contributed by atoms with Gasteiger partial charge in [0.1, 0.15) is 0 Å². The summed E-state index contributed by atoms with van der Waals surface area (Å²) in [5.74, 6) is 0. The van der Waals surface area contributed by atoms with Crippen LogP contribution in [0.4, 0.5) is 0 Å². The molecule has 0 saturated heterocycles. The van der Waals surface area contributed by atoms with E-state index in [1.54, 1.807) is 0 Å². The molecular weight excluding hydrogens is 136 g/mol. The van der Waals surface area contributed by atoms with Crippen LogP contribution in [0.25, 0.3) is 0 Å². The van der Waals surface area contributed by atoms with E-state index in [1.807, 2.05) is 0 Å². The zero-order valence-corrected chi connectivity index (χ0v) is 7.91. The lowest BCUT2D eigenvalue weighted by atomic mass is 10.1. The third kappa shape index (κ3) is 5.22. The van der Waals surface area contributed by atoms with Crippen LogP contribution in [-0.2, 0) is 0 Å². The van der Waals surface area contributed by atoms with Crippen LogP contribution in [0.2, 0.25) is 0 Å². The van der Waals surface area contributed by atoms with Crippen molar-refractivity contribution in [1.29, 1.82) is 0 Å². The van der Waals surface area contributed by atoms with Crippen LogP contribution in [0.5, 0.6) is 0 Å². The minimum absolute atomic E-state index is 0.269. The van der Waals surface area contributed by atoms with Gasteiger partial charge in [0.25, 0.3) is 0 Å². The molecule has 1 aliphatic rings. The fraction of sp³-hybridized carbons (Fsp3) is 1.00. The molecule has 0 bridgehead atoms. The Balaban J connectivity index is 1.87. The van der Waals surface area contributed by atoms with Gasteiger partial charge in [0.15, 0.2) is 0 Å². The molecule has 66 valence electrons. The lowest BCUT2D eigenvalue weighted by Gasteiger charge is -2.20. The molecule has 0 aliphatic heterocycles. The van der Waals surface area contributed by atoms with E-state index in [0.717, 1.165) is 19.1 Å². The summed E-state index contributed by atoms with van der Waals surface area (Å²) >= 11 is 0. The third-order valence-electron chi connectivity index (χ3n) is 1.79. The third-order valence-corrected chi connectivity index (χ3v) is 1.79. The second-order valence-electron chi connectivity index (χ2n) is 4.41. The van der Waals surface area contributed by atoms with Crippen LogP contribution in [0.3, 0.4) is 0 Å². The van der Waals surface area contributed by atoms with E-state index < -0.39 is 0 Å². The summed E-state index contributed by atoms with van der Waals surface area (Å²) in [6.07, 6.45) is 2.77. The zero-order valence-electron chi connectivity index (χ0n) is 7.91. The van der Waals surface area contributed by atoms with Crippen molar-refractivity contribution in [2.24, 2.45) is 0 Å². The Morgan fingerprint density at radius 3 is 2.27 bits per heavy atom. The smallest absolute Gasteiger partial charge is 0.00970 e. The van der Waals surface area contributed by atoms with Gasteiger partial charge in [0.2, 0.25) is 0 Å². The quantitative estimate of drug-likeness (QED) is 0.596. The van der Waals surface area contributed by atoms with Gasteiger partial charge in [-0.15, -0.1) is 0 Å². The summed E-state index contributed by atoms with van der Waals surface area (Å²) in [6, 6.07) is 0.844. The monoisotopic (exact) mass is 156 g/mol. The van der Waals surface area contributed by atoms with E-state index in [0.29, 0.717) is 0 Å². The first-order valence-corrected chi connectivity index (χ1v) is 4.56. The highest BCUT2D eigenvalue weighted by Gasteiger charge is 2.19. The summed E-state index contributed by atoms with van der Waals surface area (Å²) in [7, 11) is 0. The van der Waals surface area contributed by atoms with Crippen LogP contribution in [0, 0.1) is 0 Å². The predicted molar refractivity (Wildman–Crippen MR) is 48.8 cm³/mol. The molecule has 2 N–H and O–H groups in total. The number of rotatable bonds is 4. The van der Waals surface area contributed by atoms with Crippen molar-refractivity contribution >= 4 is 0 Å². The molecule has 0 aromatic carbocycles. The highest BCUT2D eigenvalue weighted by Crippen LogP contribution is 2.17. The van der Waals surface area contributed by atoms with E-state index in [-0.39, 0.29) is 5.54 Å². The second-order valence-corrected chi connectivity index (χ2v) is 4.41. The maximum atomic E-state index is 3.47. The first-order chi connectivity index (χ1) is 5.08. The van der Waals surface area contributed by atoms with Crippen molar-refractivity contribution in [3.8, 4) is 0 Å². The summed E-state index contributed by atoms with van der Waals surface area (Å²) in [5, 5.41) is 6.91. The number of hydrogen-bond acceptors (Lipinski definition) is 2. The molecule has 1 fully saturated rings. The molecule has 0 atom stereocenters. The Bertz CT molecular complexity index is 111. The largest absolute Gasteiger partial charge is 0.313 e. The van der Waals surface area contributed by atoms with Crippen molar-refractivity contribution < 1.29 is 0 Å². The fourth-order valence-electron chi connectivity index (χ4n) is 1.00. The van der Waals surface area contributed by atoms with Crippen molar-refractivity contribution in [2.45, 2.75) is 45.2 Å². The number of nitrogens with one attached hydrogen (secondary N) is 2. The Labute approximate surface area is 69.8 Å². The molecule has 0 amide bonds. The molecule has 2 heteroatoms. The van der Waals surface area contributed by atoms with Crippen LogP contribution < -0.4 is 10.6 Å². The van der Waals surface area contributed by atoms with E-state index in [2.05, 4.69) is 31.4 Å². The normalized spacial score (nSPS) is 18.8. The van der Waals surface area contributed by atoms with Crippen LogP contribution in [0.1, 0.15) is 33.6 Å². The minimum Gasteiger partial charge on any atom is -0.313 e. The van der Waals surface area contributed by atoms with Crippen molar-refractivity contribution in [2.75, 3.05) is 13.1 Å². The zero-order chi connectivity index (χ0) is 8.32. The topological polar surface area (TPSA) is 24.1 Å². The standard InChI is InChI=1S/C9H20N2/c1-9(2,3)11-7-6-10-8-4-5-8/h8,10-11H,4-7H2,1-3H3. The molecule has 1 aliphatic carbocycles. The molecular formula is C9H20N2. The molecule has 0 heterocycles. The van der Waals surface area contributed by atoms with E-state index >= 15 is 0 Å². The second kappa shape index (κ2) is 3.55. The van der Waals surface area contributed by atoms with Gasteiger partial charge in [0.05, 0.1) is 0 Å². The summed E-state index contributed by atoms with van der Waals surface area (Å²) in [4.78, 5) is 0. The molecule has 0 aromatic heterocycles. The van der Waals surface area contributed by atoms with Crippen molar-refractivity contribution in [1.82, 2.24) is 10.6 Å². The Morgan fingerprint density at radius 1 is 1.18 bits per heavy atom. The first kappa shape index (κ1) is 9.01. The average Bonchev–Trinajstić information content (AvgIpc) is 2.60. The Kier molecular flexibility index (Phi) is 2.90. The van der Waals surface area contributed by atoms with Gasteiger partial charge in [-0.3, -0.25) is 0 Å². The number of hydrogen-bond donors (Lipinski definition) is 2. The first-order valence-electron chi connectivity index (χ1n) is 4.56. The lowest BCUT2D eigenvalue weighted by Crippen LogP contribution is -2.40. The van der Waals surface area contributed by atoms with Crippen LogP contribution in [0.15, 0.2) is 0 Å². The van der Waals surface area contributed by atoms with Gasteiger partial charge >= 0.3 is 0 Å². The molecule has 0 radical (unpaired) electrons. The lowest BCUT2D eigenvalue weighted by molar-refractivity contribution is 0.421. The van der Waals surface area contributed by atoms with Gasteiger partial charge in [0, 0.05) is 24.7 Å². The molecule has 0 unspecified atom stereocenters. The molecule has 0 aromatic rings. The van der Waals surface area contributed by atoms with E-state index in [1.165, 1.54) is 12.8 Å². The summed E-state index contributed by atoms with van der Waals surface area (Å²) in [5.41, 5.74) is 0.269. The molecule has 2 nitrogen and oxygen atoms in total. The van der Waals surface area contributed by atoms with Gasteiger partial charge in [-0.1, -0.05) is 0 Å². The Hall–Kier alpha value is -0.0800. The summed E-state index contributed by atoms with van der Waals surface area (Å²) < 4.78 is 0. The SMILES string of the molecule is CC(C)(C)NCCNC1CC1. The van der Waals surface area contributed by atoms with Crippen LogP contribution >= 0.6 is 0 Å².